The second-order valence-corrected chi connectivity index (χ2v) is 11.3. The molecule has 0 saturated carbocycles. The Morgan fingerprint density at radius 1 is 1.16 bits per heavy atom. The summed E-state index contributed by atoms with van der Waals surface area (Å²) in [6.45, 7) is 8.12. The van der Waals surface area contributed by atoms with Crippen molar-refractivity contribution < 1.29 is 9.53 Å². The average molecular weight is 525 g/mol. The number of aromatic nitrogens is 4. The summed E-state index contributed by atoms with van der Waals surface area (Å²) in [6, 6.07) is 11.9. The van der Waals surface area contributed by atoms with Gasteiger partial charge in [-0.25, -0.2) is 9.78 Å². The number of amides is 1. The van der Waals surface area contributed by atoms with Gasteiger partial charge in [0.2, 0.25) is 5.91 Å². The second-order valence-electron chi connectivity index (χ2n) is 10.8. The van der Waals surface area contributed by atoms with Crippen LogP contribution in [0.15, 0.2) is 47.4 Å². The monoisotopic (exact) mass is 524 g/mol. The van der Waals surface area contributed by atoms with Crippen molar-refractivity contribution in [3.05, 3.63) is 63.7 Å². The first-order valence-corrected chi connectivity index (χ1v) is 13.1. The number of carbonyl (C=O) groups excluding carboxylic acids is 1. The lowest BCUT2D eigenvalue weighted by atomic mass is 10.1. The molecule has 1 aromatic carbocycles. The van der Waals surface area contributed by atoms with E-state index < -0.39 is 11.2 Å². The van der Waals surface area contributed by atoms with Gasteiger partial charge in [-0.3, -0.25) is 14.3 Å². The molecule has 3 aromatic rings. The summed E-state index contributed by atoms with van der Waals surface area (Å²) in [5, 5.41) is 7.98. The number of rotatable bonds is 7. The molecule has 4 heterocycles. The molecule has 10 heteroatoms. The summed E-state index contributed by atoms with van der Waals surface area (Å²) in [4.78, 5) is 33.3. The molecule has 2 aromatic heterocycles. The second kappa shape index (κ2) is 10.4. The van der Waals surface area contributed by atoms with Crippen LogP contribution < -0.4 is 11.0 Å². The maximum atomic E-state index is 13.4. The number of fused-ring (bicyclic) bond motifs is 2. The van der Waals surface area contributed by atoms with E-state index in [0.29, 0.717) is 34.3 Å². The average Bonchev–Trinajstić information content (AvgIpc) is 3.27. The number of hydrogen-bond donors (Lipinski definition) is 1. The number of pyridine rings is 1. The van der Waals surface area contributed by atoms with Crippen molar-refractivity contribution in [2.45, 2.75) is 64.2 Å². The van der Waals surface area contributed by atoms with Gasteiger partial charge in [0, 0.05) is 41.0 Å². The summed E-state index contributed by atoms with van der Waals surface area (Å²) in [6.07, 6.45) is 5.09. The fourth-order valence-corrected chi connectivity index (χ4v) is 5.35. The Kier molecular flexibility index (Phi) is 7.20. The Balaban J connectivity index is 1.39. The minimum atomic E-state index is -0.441. The number of nitrogens with zero attached hydrogens (tertiary/aromatic N) is 5. The molecule has 9 nitrogen and oxygen atoms in total. The minimum Gasteiger partial charge on any atom is -0.378 e. The molecule has 0 aliphatic carbocycles. The molecule has 37 heavy (non-hydrogen) atoms. The molecular weight excluding hydrogens is 492 g/mol. The van der Waals surface area contributed by atoms with Crippen molar-refractivity contribution in [2.75, 3.05) is 19.8 Å². The van der Waals surface area contributed by atoms with Crippen molar-refractivity contribution in [1.29, 1.82) is 0 Å². The highest BCUT2D eigenvalue weighted by Gasteiger charge is 2.36. The van der Waals surface area contributed by atoms with Gasteiger partial charge in [0.15, 0.2) is 11.6 Å². The van der Waals surface area contributed by atoms with Gasteiger partial charge in [0.1, 0.15) is 6.54 Å². The van der Waals surface area contributed by atoms with Gasteiger partial charge in [-0.1, -0.05) is 29.8 Å². The zero-order chi connectivity index (χ0) is 26.2. The minimum absolute atomic E-state index is 0.169. The predicted octanol–water partition coefficient (Wildman–Crippen LogP) is 3.07. The normalized spacial score (nSPS) is 19.8. The lowest BCUT2D eigenvalue weighted by Gasteiger charge is -2.34. The van der Waals surface area contributed by atoms with E-state index in [-0.39, 0.29) is 12.5 Å². The Labute approximate surface area is 221 Å². The molecule has 2 saturated heterocycles. The van der Waals surface area contributed by atoms with Crippen molar-refractivity contribution in [3.8, 4) is 17.2 Å². The van der Waals surface area contributed by atoms with Crippen LogP contribution in [0.25, 0.3) is 17.2 Å². The number of benzene rings is 1. The first-order chi connectivity index (χ1) is 17.7. The smallest absolute Gasteiger partial charge is 0.352 e. The topological polar surface area (TPSA) is 94.3 Å². The van der Waals surface area contributed by atoms with E-state index >= 15 is 0 Å². The molecule has 2 atom stereocenters. The molecule has 2 unspecified atom stereocenters. The Morgan fingerprint density at radius 3 is 2.57 bits per heavy atom. The van der Waals surface area contributed by atoms with Gasteiger partial charge in [-0.15, -0.1) is 5.10 Å². The molecule has 196 valence electrons. The Bertz CT molecular complexity index is 1310. The quantitative estimate of drug-likeness (QED) is 0.510. The summed E-state index contributed by atoms with van der Waals surface area (Å²) in [5.74, 6) is 0.474. The standard InChI is InChI=1S/C27H33ClN6O3/c1-27(2,3)30-24(35)15-33-25(19-5-4-6-20(28)13-19)31-34(26(33)36)23-10-7-18(14-29-23)11-12-32-21-8-9-22(32)17-37-16-21/h4-7,10,13-14,21-22H,8-9,11-12,15-17H2,1-3H3,(H,30,35). The van der Waals surface area contributed by atoms with Gasteiger partial charge in [0.05, 0.1) is 13.2 Å². The molecule has 2 aliphatic heterocycles. The van der Waals surface area contributed by atoms with Crippen LogP contribution in [0.2, 0.25) is 5.02 Å². The Morgan fingerprint density at radius 2 is 1.92 bits per heavy atom. The van der Waals surface area contributed by atoms with E-state index in [1.54, 1.807) is 30.5 Å². The fourth-order valence-electron chi connectivity index (χ4n) is 5.16. The molecular formula is C27H33ClN6O3. The zero-order valence-corrected chi connectivity index (χ0v) is 22.2. The van der Waals surface area contributed by atoms with Gasteiger partial charge in [0.25, 0.3) is 0 Å². The summed E-state index contributed by atoms with van der Waals surface area (Å²) in [7, 11) is 0. The summed E-state index contributed by atoms with van der Waals surface area (Å²) in [5.41, 5.74) is 0.875. The molecule has 2 aliphatic rings. The number of nitrogens with one attached hydrogen (secondary N) is 1. The third-order valence-corrected chi connectivity index (χ3v) is 7.07. The first-order valence-electron chi connectivity index (χ1n) is 12.7. The molecule has 0 spiro atoms. The number of hydrogen-bond acceptors (Lipinski definition) is 6. The zero-order valence-electron chi connectivity index (χ0n) is 21.5. The van der Waals surface area contributed by atoms with Crippen molar-refractivity contribution in [2.24, 2.45) is 0 Å². The number of ether oxygens (including phenoxy) is 1. The molecule has 1 amide bonds. The third-order valence-electron chi connectivity index (χ3n) is 6.84. The summed E-state index contributed by atoms with van der Waals surface area (Å²) < 4.78 is 8.29. The van der Waals surface area contributed by atoms with Gasteiger partial charge in [-0.2, -0.15) is 4.68 Å². The number of halogens is 1. The maximum Gasteiger partial charge on any atom is 0.352 e. The third kappa shape index (κ3) is 5.79. The first kappa shape index (κ1) is 25.6. The molecule has 0 radical (unpaired) electrons. The SMILES string of the molecule is CC(C)(C)NC(=O)Cn1c(-c2cccc(Cl)c2)nn(-c2ccc(CCN3C4CCC3COC4)cn2)c1=O. The highest BCUT2D eigenvalue weighted by Crippen LogP contribution is 2.28. The van der Waals surface area contributed by atoms with E-state index in [4.69, 9.17) is 16.3 Å². The van der Waals surface area contributed by atoms with Crippen molar-refractivity contribution in [1.82, 2.24) is 29.5 Å². The lowest BCUT2D eigenvalue weighted by Crippen LogP contribution is -2.46. The highest BCUT2D eigenvalue weighted by atomic mass is 35.5. The lowest BCUT2D eigenvalue weighted by molar-refractivity contribution is -0.123. The van der Waals surface area contributed by atoms with E-state index in [1.807, 2.05) is 32.9 Å². The largest absolute Gasteiger partial charge is 0.378 e. The van der Waals surface area contributed by atoms with Crippen LogP contribution in [0, 0.1) is 0 Å². The van der Waals surface area contributed by atoms with E-state index in [2.05, 4.69) is 20.3 Å². The van der Waals surface area contributed by atoms with Crippen LogP contribution in [0.3, 0.4) is 0 Å². The number of carbonyl (C=O) groups is 1. The van der Waals surface area contributed by atoms with Crippen LogP contribution in [0.1, 0.15) is 39.2 Å². The molecule has 1 N–H and O–H groups in total. The molecule has 2 bridgehead atoms. The van der Waals surface area contributed by atoms with Gasteiger partial charge < -0.3 is 10.1 Å². The molecule has 5 rings (SSSR count). The van der Waals surface area contributed by atoms with Crippen molar-refractivity contribution >= 4 is 17.5 Å². The maximum absolute atomic E-state index is 13.4. The highest BCUT2D eigenvalue weighted by molar-refractivity contribution is 6.30. The van der Waals surface area contributed by atoms with Gasteiger partial charge >= 0.3 is 5.69 Å². The number of morpholine rings is 1. The Hall–Kier alpha value is -3.01. The van der Waals surface area contributed by atoms with Crippen LogP contribution in [-0.4, -0.2) is 67.5 Å². The summed E-state index contributed by atoms with van der Waals surface area (Å²) >= 11 is 6.20. The van der Waals surface area contributed by atoms with Crippen LogP contribution in [0.4, 0.5) is 0 Å². The van der Waals surface area contributed by atoms with E-state index in [1.165, 1.54) is 22.1 Å². The van der Waals surface area contributed by atoms with Crippen LogP contribution >= 0.6 is 11.6 Å². The fraction of sp³-hybridized carbons (Fsp3) is 0.481. The molecule has 2 fully saturated rings. The predicted molar refractivity (Wildman–Crippen MR) is 142 cm³/mol. The van der Waals surface area contributed by atoms with Gasteiger partial charge in [-0.05, 0) is 63.8 Å². The van der Waals surface area contributed by atoms with Crippen molar-refractivity contribution in [3.63, 3.8) is 0 Å². The van der Waals surface area contributed by atoms with E-state index in [9.17, 15) is 9.59 Å². The van der Waals surface area contributed by atoms with Crippen LogP contribution in [0.5, 0.6) is 0 Å². The van der Waals surface area contributed by atoms with E-state index in [0.717, 1.165) is 31.7 Å². The van der Waals surface area contributed by atoms with Crippen LogP contribution in [-0.2, 0) is 22.5 Å².